The number of nitrogens with zero attached hydrogens (tertiary/aromatic N) is 3. The minimum absolute atomic E-state index is 0.136. The highest BCUT2D eigenvalue weighted by atomic mass is 16.5. The molecule has 7 heteroatoms. The molecule has 0 saturated heterocycles. The van der Waals surface area contributed by atoms with Gasteiger partial charge in [0.05, 0.1) is 12.8 Å². The maximum absolute atomic E-state index is 13.5. The molecule has 1 N–H and O–H groups in total. The van der Waals surface area contributed by atoms with Gasteiger partial charge >= 0.3 is 0 Å². The Bertz CT molecular complexity index is 1340. The standard InChI is InChI=1S/C25H28N4O3/c1-16-11-17(2)21(18(3)12-16)14-28-22-8-6-5-7-19(22)20-13-27-29(25(31)24(20)28)15-23(30)26-9-10-32-4/h5-8,11-13H,9-10,14-15H2,1-4H3,(H,26,30). The van der Waals surface area contributed by atoms with Gasteiger partial charge in [-0.1, -0.05) is 35.9 Å². The van der Waals surface area contributed by atoms with Crippen molar-refractivity contribution in [1.82, 2.24) is 19.7 Å². The number of methoxy groups -OCH3 is 1. The van der Waals surface area contributed by atoms with E-state index < -0.39 is 0 Å². The molecule has 2 aromatic heterocycles. The number of amides is 1. The highest BCUT2D eigenvalue weighted by Gasteiger charge is 2.18. The number of para-hydroxylation sites is 1. The van der Waals surface area contributed by atoms with Crippen LogP contribution < -0.4 is 10.9 Å². The maximum Gasteiger partial charge on any atom is 0.291 e. The summed E-state index contributed by atoms with van der Waals surface area (Å²) in [5, 5.41) is 8.80. The molecular weight excluding hydrogens is 404 g/mol. The van der Waals surface area contributed by atoms with Gasteiger partial charge in [-0.25, -0.2) is 4.68 Å². The summed E-state index contributed by atoms with van der Waals surface area (Å²) in [6.45, 7) is 7.53. The van der Waals surface area contributed by atoms with E-state index in [-0.39, 0.29) is 18.0 Å². The second kappa shape index (κ2) is 8.96. The minimum Gasteiger partial charge on any atom is -0.383 e. The number of ether oxygens (including phenoxy) is 1. The van der Waals surface area contributed by atoms with Crippen LogP contribution in [0.3, 0.4) is 0 Å². The Balaban J connectivity index is 1.84. The van der Waals surface area contributed by atoms with Crippen molar-refractivity contribution in [3.8, 4) is 0 Å². The Kier molecular flexibility index (Phi) is 6.10. The third-order valence-electron chi connectivity index (χ3n) is 5.85. The lowest BCUT2D eigenvalue weighted by Crippen LogP contribution is -2.35. The highest BCUT2D eigenvalue weighted by Crippen LogP contribution is 2.28. The third-order valence-corrected chi connectivity index (χ3v) is 5.85. The van der Waals surface area contributed by atoms with E-state index in [0.717, 1.165) is 16.3 Å². The Hall–Kier alpha value is -3.45. The molecule has 0 fully saturated rings. The average molecular weight is 433 g/mol. The van der Waals surface area contributed by atoms with Crippen LogP contribution in [-0.4, -0.2) is 40.5 Å². The molecule has 0 saturated carbocycles. The lowest BCUT2D eigenvalue weighted by Gasteiger charge is -2.14. The molecule has 0 unspecified atom stereocenters. The summed E-state index contributed by atoms with van der Waals surface area (Å²) in [5.74, 6) is -0.274. The van der Waals surface area contributed by atoms with Gasteiger partial charge in [0.25, 0.3) is 5.56 Å². The fraction of sp³-hybridized carbons (Fsp3) is 0.320. The summed E-state index contributed by atoms with van der Waals surface area (Å²) in [4.78, 5) is 25.7. The molecule has 0 radical (unpaired) electrons. The van der Waals surface area contributed by atoms with Gasteiger partial charge in [-0.05, 0) is 43.5 Å². The van der Waals surface area contributed by atoms with Gasteiger partial charge in [0.15, 0.2) is 0 Å². The van der Waals surface area contributed by atoms with E-state index in [9.17, 15) is 9.59 Å². The summed E-state index contributed by atoms with van der Waals surface area (Å²) < 4.78 is 8.24. The first-order valence-corrected chi connectivity index (χ1v) is 10.7. The number of rotatable bonds is 7. The zero-order chi connectivity index (χ0) is 22.8. The molecule has 4 rings (SSSR count). The molecule has 0 aliphatic rings. The lowest BCUT2D eigenvalue weighted by atomic mass is 10.00. The van der Waals surface area contributed by atoms with Crippen LogP contribution in [0, 0.1) is 20.8 Å². The minimum atomic E-state index is -0.275. The molecule has 0 aliphatic heterocycles. The van der Waals surface area contributed by atoms with Crippen molar-refractivity contribution in [3.05, 3.63) is 75.2 Å². The molecule has 0 atom stereocenters. The van der Waals surface area contributed by atoms with E-state index >= 15 is 0 Å². The quantitative estimate of drug-likeness (QED) is 0.455. The first-order chi connectivity index (χ1) is 15.4. The number of nitrogens with one attached hydrogen (secondary N) is 1. The van der Waals surface area contributed by atoms with Crippen LogP contribution in [0.15, 0.2) is 47.4 Å². The van der Waals surface area contributed by atoms with Gasteiger partial charge in [0, 0.05) is 36.5 Å². The van der Waals surface area contributed by atoms with Gasteiger partial charge in [0.2, 0.25) is 5.91 Å². The number of benzene rings is 2. The zero-order valence-electron chi connectivity index (χ0n) is 18.9. The molecule has 4 aromatic rings. The lowest BCUT2D eigenvalue weighted by molar-refractivity contribution is -0.122. The predicted octanol–water partition coefficient (Wildman–Crippen LogP) is 3.09. The van der Waals surface area contributed by atoms with Crippen LogP contribution in [0.5, 0.6) is 0 Å². The number of hydrogen-bond acceptors (Lipinski definition) is 4. The molecule has 32 heavy (non-hydrogen) atoms. The largest absolute Gasteiger partial charge is 0.383 e. The van der Waals surface area contributed by atoms with E-state index in [1.165, 1.54) is 26.9 Å². The average Bonchev–Trinajstić information content (AvgIpc) is 3.07. The SMILES string of the molecule is COCCNC(=O)Cn1ncc2c3ccccc3n(Cc3c(C)cc(C)cc3C)c2c1=O. The van der Waals surface area contributed by atoms with Crippen LogP contribution in [-0.2, 0) is 22.6 Å². The Morgan fingerprint density at radius 3 is 2.53 bits per heavy atom. The number of aryl methyl sites for hydroxylation is 3. The number of carbonyl (C=O) groups excluding carboxylic acids is 1. The molecule has 1 amide bonds. The monoisotopic (exact) mass is 432 g/mol. The summed E-state index contributed by atoms with van der Waals surface area (Å²) >= 11 is 0. The Labute approximate surface area is 186 Å². The van der Waals surface area contributed by atoms with E-state index in [0.29, 0.717) is 25.2 Å². The maximum atomic E-state index is 13.5. The second-order valence-corrected chi connectivity index (χ2v) is 8.19. The van der Waals surface area contributed by atoms with E-state index in [1.807, 2.05) is 24.3 Å². The van der Waals surface area contributed by atoms with Crippen LogP contribution in [0.1, 0.15) is 22.3 Å². The first kappa shape index (κ1) is 21.8. The van der Waals surface area contributed by atoms with Crippen molar-refractivity contribution in [2.75, 3.05) is 20.3 Å². The molecule has 0 bridgehead atoms. The predicted molar refractivity (Wildman–Crippen MR) is 126 cm³/mol. The van der Waals surface area contributed by atoms with Crippen molar-refractivity contribution in [1.29, 1.82) is 0 Å². The molecule has 7 nitrogen and oxygen atoms in total. The number of hydrogen-bond donors (Lipinski definition) is 1. The second-order valence-electron chi connectivity index (χ2n) is 8.19. The van der Waals surface area contributed by atoms with Gasteiger partial charge < -0.3 is 14.6 Å². The number of carbonyl (C=O) groups is 1. The van der Waals surface area contributed by atoms with Gasteiger partial charge in [-0.15, -0.1) is 0 Å². The Morgan fingerprint density at radius 1 is 1.09 bits per heavy atom. The van der Waals surface area contributed by atoms with Gasteiger partial charge in [0.1, 0.15) is 12.1 Å². The summed E-state index contributed by atoms with van der Waals surface area (Å²) in [6, 6.07) is 12.3. The molecule has 0 aliphatic carbocycles. The van der Waals surface area contributed by atoms with Crippen molar-refractivity contribution in [2.45, 2.75) is 33.9 Å². The van der Waals surface area contributed by atoms with E-state index in [2.05, 4.69) is 47.9 Å². The van der Waals surface area contributed by atoms with Crippen LogP contribution in [0.25, 0.3) is 21.8 Å². The normalized spacial score (nSPS) is 11.4. The fourth-order valence-corrected chi connectivity index (χ4v) is 4.37. The topological polar surface area (TPSA) is 78.2 Å². The van der Waals surface area contributed by atoms with Crippen molar-refractivity contribution in [3.63, 3.8) is 0 Å². The molecular formula is C25H28N4O3. The summed E-state index contributed by atoms with van der Waals surface area (Å²) in [7, 11) is 1.57. The van der Waals surface area contributed by atoms with Crippen LogP contribution in [0.2, 0.25) is 0 Å². The number of fused-ring (bicyclic) bond motifs is 3. The van der Waals surface area contributed by atoms with Crippen molar-refractivity contribution < 1.29 is 9.53 Å². The smallest absolute Gasteiger partial charge is 0.291 e. The van der Waals surface area contributed by atoms with Gasteiger partial charge in [-0.2, -0.15) is 5.10 Å². The third kappa shape index (κ3) is 4.03. The molecule has 2 heterocycles. The fourth-order valence-electron chi connectivity index (χ4n) is 4.37. The van der Waals surface area contributed by atoms with E-state index in [4.69, 9.17) is 4.74 Å². The van der Waals surface area contributed by atoms with Crippen molar-refractivity contribution >= 4 is 27.7 Å². The van der Waals surface area contributed by atoms with E-state index in [1.54, 1.807) is 13.3 Å². The molecule has 2 aromatic carbocycles. The van der Waals surface area contributed by atoms with Crippen molar-refractivity contribution in [2.24, 2.45) is 0 Å². The van der Waals surface area contributed by atoms with Crippen LogP contribution in [0.4, 0.5) is 0 Å². The number of aromatic nitrogens is 3. The summed E-state index contributed by atoms with van der Waals surface area (Å²) in [6.07, 6.45) is 1.69. The van der Waals surface area contributed by atoms with Gasteiger partial charge in [-0.3, -0.25) is 9.59 Å². The zero-order valence-corrected chi connectivity index (χ0v) is 18.9. The molecule has 0 spiro atoms. The van der Waals surface area contributed by atoms with Crippen LogP contribution >= 0.6 is 0 Å². The molecule has 166 valence electrons. The first-order valence-electron chi connectivity index (χ1n) is 10.7. The Morgan fingerprint density at radius 2 is 1.81 bits per heavy atom. The summed E-state index contributed by atoms with van der Waals surface area (Å²) in [5.41, 5.74) is 6.06. The highest BCUT2D eigenvalue weighted by molar-refractivity contribution is 6.07.